The number of amides is 1. The van der Waals surface area contributed by atoms with E-state index in [4.69, 9.17) is 5.73 Å². The number of aromatic nitrogens is 2. The highest BCUT2D eigenvalue weighted by Crippen LogP contribution is 2.31. The number of carbonyl (C=O) groups is 1. The van der Waals surface area contributed by atoms with Gasteiger partial charge in [0.15, 0.2) is 0 Å². The molecule has 1 aliphatic rings. The van der Waals surface area contributed by atoms with Crippen LogP contribution in [0.5, 0.6) is 0 Å². The predicted octanol–water partition coefficient (Wildman–Crippen LogP) is 2.46. The maximum absolute atomic E-state index is 12.5. The Balaban J connectivity index is 1.53. The van der Waals surface area contributed by atoms with E-state index in [9.17, 15) is 4.79 Å². The first-order valence-corrected chi connectivity index (χ1v) is 8.66. The van der Waals surface area contributed by atoms with Crippen LogP contribution in [0.3, 0.4) is 0 Å². The zero-order chi connectivity index (χ0) is 17.0. The molecule has 2 atom stereocenters. The average molecular weight is 326 g/mol. The van der Waals surface area contributed by atoms with Crippen LogP contribution in [0, 0.1) is 5.92 Å². The molecule has 0 saturated heterocycles. The lowest BCUT2D eigenvalue weighted by Gasteiger charge is -2.37. The molecule has 0 radical (unpaired) electrons. The first-order valence-electron chi connectivity index (χ1n) is 8.66. The number of hydrogen-bond acceptors (Lipinski definition) is 3. The number of nitrogens with zero attached hydrogens (tertiary/aromatic N) is 2. The Kier molecular flexibility index (Phi) is 5.00. The second-order valence-electron chi connectivity index (χ2n) is 7.04. The van der Waals surface area contributed by atoms with Gasteiger partial charge in [0.25, 0.3) is 0 Å². The highest BCUT2D eigenvalue weighted by Gasteiger charge is 2.37. The van der Waals surface area contributed by atoms with Gasteiger partial charge in [-0.05, 0) is 37.0 Å². The van der Waals surface area contributed by atoms with Gasteiger partial charge in [0.05, 0.1) is 12.5 Å². The highest BCUT2D eigenvalue weighted by atomic mass is 16.1. The smallest absolute Gasteiger partial charge is 0.225 e. The Hall–Kier alpha value is -2.14. The molecule has 5 heteroatoms. The standard InChI is InChI=1S/C19H26N4O/c1-19(20)10-3-2-5-17(19)18(24)21-13-15-6-8-16(9-7-15)14-23-12-4-11-22-23/h4,6-9,11-12,17H,2-3,5,10,13-14,20H2,1H3,(H,21,24). The first kappa shape index (κ1) is 16.7. The Bertz CT molecular complexity index is 661. The van der Waals surface area contributed by atoms with E-state index in [0.29, 0.717) is 6.54 Å². The van der Waals surface area contributed by atoms with Crippen LogP contribution in [0.4, 0.5) is 0 Å². The van der Waals surface area contributed by atoms with Gasteiger partial charge >= 0.3 is 0 Å². The van der Waals surface area contributed by atoms with E-state index in [1.54, 1.807) is 6.20 Å². The van der Waals surface area contributed by atoms with Gasteiger partial charge < -0.3 is 11.1 Å². The summed E-state index contributed by atoms with van der Waals surface area (Å²) in [7, 11) is 0. The van der Waals surface area contributed by atoms with E-state index in [2.05, 4.69) is 34.7 Å². The Morgan fingerprint density at radius 3 is 2.75 bits per heavy atom. The van der Waals surface area contributed by atoms with Crippen molar-refractivity contribution in [2.45, 2.75) is 51.2 Å². The predicted molar refractivity (Wildman–Crippen MR) is 94.2 cm³/mol. The van der Waals surface area contributed by atoms with Gasteiger partial charge in [0, 0.05) is 24.5 Å². The largest absolute Gasteiger partial charge is 0.352 e. The van der Waals surface area contributed by atoms with Crippen LogP contribution in [-0.4, -0.2) is 21.2 Å². The topological polar surface area (TPSA) is 72.9 Å². The fourth-order valence-corrected chi connectivity index (χ4v) is 3.44. The summed E-state index contributed by atoms with van der Waals surface area (Å²) in [5.74, 6) is 0.00524. The van der Waals surface area contributed by atoms with Gasteiger partial charge in [-0.1, -0.05) is 37.1 Å². The third-order valence-electron chi connectivity index (χ3n) is 4.96. The highest BCUT2D eigenvalue weighted by molar-refractivity contribution is 5.80. The van der Waals surface area contributed by atoms with Crippen molar-refractivity contribution in [3.05, 3.63) is 53.9 Å². The van der Waals surface area contributed by atoms with Crippen molar-refractivity contribution in [2.24, 2.45) is 11.7 Å². The molecule has 0 aliphatic heterocycles. The Labute approximate surface area is 143 Å². The summed E-state index contributed by atoms with van der Waals surface area (Å²) in [5, 5.41) is 7.26. The molecule has 24 heavy (non-hydrogen) atoms. The van der Waals surface area contributed by atoms with Crippen LogP contribution in [-0.2, 0) is 17.9 Å². The monoisotopic (exact) mass is 326 g/mol. The van der Waals surface area contributed by atoms with E-state index in [1.165, 1.54) is 5.56 Å². The lowest BCUT2D eigenvalue weighted by atomic mass is 9.74. The second kappa shape index (κ2) is 7.18. The van der Waals surface area contributed by atoms with Crippen molar-refractivity contribution in [3.8, 4) is 0 Å². The third-order valence-corrected chi connectivity index (χ3v) is 4.96. The van der Waals surface area contributed by atoms with Crippen LogP contribution in [0.1, 0.15) is 43.7 Å². The van der Waals surface area contributed by atoms with Crippen LogP contribution < -0.4 is 11.1 Å². The SMILES string of the molecule is CC1(N)CCCCC1C(=O)NCc1ccc(Cn2cccn2)cc1. The lowest BCUT2D eigenvalue weighted by Crippen LogP contribution is -2.52. The minimum Gasteiger partial charge on any atom is -0.352 e. The molecule has 2 aromatic rings. The summed E-state index contributed by atoms with van der Waals surface area (Å²) < 4.78 is 1.89. The van der Waals surface area contributed by atoms with E-state index in [1.807, 2.05) is 23.9 Å². The summed E-state index contributed by atoms with van der Waals surface area (Å²) >= 11 is 0. The molecule has 1 aromatic carbocycles. The average Bonchev–Trinajstić information content (AvgIpc) is 3.06. The first-order chi connectivity index (χ1) is 11.5. The molecule has 3 N–H and O–H groups in total. The maximum Gasteiger partial charge on any atom is 0.225 e. The van der Waals surface area contributed by atoms with Crippen molar-refractivity contribution >= 4 is 5.91 Å². The van der Waals surface area contributed by atoms with E-state index in [0.717, 1.165) is 37.8 Å². The van der Waals surface area contributed by atoms with Gasteiger partial charge in [-0.15, -0.1) is 0 Å². The molecule has 0 bridgehead atoms. The van der Waals surface area contributed by atoms with Gasteiger partial charge in [0.2, 0.25) is 5.91 Å². The molecule has 1 amide bonds. The van der Waals surface area contributed by atoms with Crippen LogP contribution in [0.25, 0.3) is 0 Å². The van der Waals surface area contributed by atoms with E-state index in [-0.39, 0.29) is 17.4 Å². The number of rotatable bonds is 5. The van der Waals surface area contributed by atoms with Gasteiger partial charge in [-0.25, -0.2) is 0 Å². The number of hydrogen-bond donors (Lipinski definition) is 2. The fraction of sp³-hybridized carbons (Fsp3) is 0.474. The van der Waals surface area contributed by atoms with Crippen LogP contribution in [0.15, 0.2) is 42.7 Å². The molecule has 1 saturated carbocycles. The normalized spacial score (nSPS) is 23.8. The minimum atomic E-state index is -0.379. The molecular formula is C19H26N4O. The van der Waals surface area contributed by atoms with E-state index >= 15 is 0 Å². The fourth-order valence-electron chi connectivity index (χ4n) is 3.44. The quantitative estimate of drug-likeness (QED) is 0.886. The molecule has 2 unspecified atom stereocenters. The molecule has 1 aliphatic carbocycles. The summed E-state index contributed by atoms with van der Waals surface area (Å²) in [6, 6.07) is 10.2. The summed E-state index contributed by atoms with van der Waals surface area (Å²) in [4.78, 5) is 12.5. The molecular weight excluding hydrogens is 300 g/mol. The van der Waals surface area contributed by atoms with Gasteiger partial charge in [-0.2, -0.15) is 5.10 Å². The lowest BCUT2D eigenvalue weighted by molar-refractivity contribution is -0.128. The zero-order valence-corrected chi connectivity index (χ0v) is 14.2. The number of nitrogens with two attached hydrogens (primary N) is 1. The van der Waals surface area contributed by atoms with Crippen molar-refractivity contribution in [3.63, 3.8) is 0 Å². The number of carbonyl (C=O) groups excluding carboxylic acids is 1. The molecule has 5 nitrogen and oxygen atoms in total. The molecule has 1 fully saturated rings. The Morgan fingerprint density at radius 1 is 1.33 bits per heavy atom. The minimum absolute atomic E-state index is 0.0784. The number of nitrogens with one attached hydrogen (secondary N) is 1. The zero-order valence-electron chi connectivity index (χ0n) is 14.2. The third kappa shape index (κ3) is 4.03. The van der Waals surface area contributed by atoms with Crippen molar-refractivity contribution < 1.29 is 4.79 Å². The molecule has 3 rings (SSSR count). The van der Waals surface area contributed by atoms with Crippen LogP contribution >= 0.6 is 0 Å². The van der Waals surface area contributed by atoms with Crippen molar-refractivity contribution in [1.82, 2.24) is 15.1 Å². The molecule has 128 valence electrons. The van der Waals surface area contributed by atoms with Crippen LogP contribution in [0.2, 0.25) is 0 Å². The Morgan fingerprint density at radius 2 is 2.08 bits per heavy atom. The maximum atomic E-state index is 12.5. The van der Waals surface area contributed by atoms with Gasteiger partial charge in [-0.3, -0.25) is 9.48 Å². The molecule has 1 aromatic heterocycles. The second-order valence-corrected chi connectivity index (χ2v) is 7.04. The summed E-state index contributed by atoms with van der Waals surface area (Å²) in [6.07, 6.45) is 7.75. The summed E-state index contributed by atoms with van der Waals surface area (Å²) in [5.41, 5.74) is 8.22. The molecule has 0 spiro atoms. The molecule has 1 heterocycles. The number of benzene rings is 1. The van der Waals surface area contributed by atoms with Crippen molar-refractivity contribution in [2.75, 3.05) is 0 Å². The van der Waals surface area contributed by atoms with E-state index < -0.39 is 0 Å². The summed E-state index contributed by atoms with van der Waals surface area (Å²) in [6.45, 7) is 3.31. The van der Waals surface area contributed by atoms with Crippen molar-refractivity contribution in [1.29, 1.82) is 0 Å². The van der Waals surface area contributed by atoms with Gasteiger partial charge in [0.1, 0.15) is 0 Å².